The average Bonchev–Trinajstić information content (AvgIpc) is 3.56. The van der Waals surface area contributed by atoms with E-state index in [-0.39, 0.29) is 17.7 Å². The van der Waals surface area contributed by atoms with Crippen LogP contribution >= 0.6 is 0 Å². The van der Waals surface area contributed by atoms with Crippen LogP contribution in [0, 0.1) is 5.92 Å². The summed E-state index contributed by atoms with van der Waals surface area (Å²) in [6, 6.07) is 26.5. The highest BCUT2D eigenvalue weighted by Crippen LogP contribution is 2.30. The first-order chi connectivity index (χ1) is 15.7. The fourth-order valence-electron chi connectivity index (χ4n) is 3.58. The third kappa shape index (κ3) is 4.30. The van der Waals surface area contributed by atoms with Gasteiger partial charge in [0.25, 0.3) is 5.91 Å². The zero-order valence-corrected chi connectivity index (χ0v) is 17.4. The van der Waals surface area contributed by atoms with E-state index < -0.39 is 0 Å². The van der Waals surface area contributed by atoms with Gasteiger partial charge in [-0.1, -0.05) is 42.5 Å². The van der Waals surface area contributed by atoms with Gasteiger partial charge in [0, 0.05) is 28.4 Å². The van der Waals surface area contributed by atoms with Crippen molar-refractivity contribution < 1.29 is 9.59 Å². The molecule has 3 aromatic carbocycles. The molecule has 32 heavy (non-hydrogen) atoms. The van der Waals surface area contributed by atoms with Crippen molar-refractivity contribution in [3.8, 4) is 16.9 Å². The zero-order chi connectivity index (χ0) is 21.9. The number of hydrogen-bond acceptors (Lipinski definition) is 3. The molecule has 2 N–H and O–H groups in total. The highest BCUT2D eigenvalue weighted by molar-refractivity contribution is 6.05. The number of aromatic nitrogens is 2. The zero-order valence-electron chi connectivity index (χ0n) is 17.4. The maximum absolute atomic E-state index is 12.9. The quantitative estimate of drug-likeness (QED) is 0.452. The van der Waals surface area contributed by atoms with Crippen molar-refractivity contribution in [1.82, 2.24) is 9.78 Å². The minimum Gasteiger partial charge on any atom is -0.326 e. The van der Waals surface area contributed by atoms with Crippen LogP contribution in [0.5, 0.6) is 0 Å². The molecule has 1 aromatic heterocycles. The van der Waals surface area contributed by atoms with Crippen LogP contribution in [0.25, 0.3) is 16.9 Å². The summed E-state index contributed by atoms with van der Waals surface area (Å²) in [4.78, 5) is 24.9. The molecular weight excluding hydrogens is 400 g/mol. The van der Waals surface area contributed by atoms with Crippen molar-refractivity contribution in [3.05, 3.63) is 96.7 Å². The van der Waals surface area contributed by atoms with Gasteiger partial charge in [-0.05, 0) is 55.3 Å². The van der Waals surface area contributed by atoms with E-state index in [0.717, 1.165) is 29.8 Å². The van der Waals surface area contributed by atoms with Crippen molar-refractivity contribution in [2.24, 2.45) is 5.92 Å². The Morgan fingerprint density at radius 3 is 2.34 bits per heavy atom. The highest BCUT2D eigenvalue weighted by atomic mass is 16.2. The number of nitrogens with zero attached hydrogens (tertiary/aromatic N) is 2. The molecule has 158 valence electrons. The topological polar surface area (TPSA) is 76.0 Å². The number of carbonyl (C=O) groups excluding carboxylic acids is 2. The Labute approximate surface area is 185 Å². The molecule has 1 aliphatic carbocycles. The molecular formula is C26H22N4O2. The molecule has 1 heterocycles. The smallest absolute Gasteiger partial charge is 0.255 e. The second-order valence-corrected chi connectivity index (χ2v) is 7.84. The summed E-state index contributed by atoms with van der Waals surface area (Å²) in [5.41, 5.74) is 4.61. The Hall–Kier alpha value is -4.19. The minimum atomic E-state index is -0.231. The Morgan fingerprint density at radius 2 is 1.56 bits per heavy atom. The van der Waals surface area contributed by atoms with Gasteiger partial charge in [0.05, 0.1) is 17.6 Å². The summed E-state index contributed by atoms with van der Waals surface area (Å²) in [6.45, 7) is 0. The summed E-state index contributed by atoms with van der Waals surface area (Å²) < 4.78 is 1.82. The number of amides is 2. The lowest BCUT2D eigenvalue weighted by atomic mass is 10.1. The maximum atomic E-state index is 12.9. The van der Waals surface area contributed by atoms with Crippen molar-refractivity contribution in [2.45, 2.75) is 12.8 Å². The molecule has 0 radical (unpaired) electrons. The number of hydrogen-bond donors (Lipinski definition) is 2. The second-order valence-electron chi connectivity index (χ2n) is 7.84. The van der Waals surface area contributed by atoms with Crippen molar-refractivity contribution >= 4 is 23.2 Å². The van der Waals surface area contributed by atoms with Crippen LogP contribution in [-0.4, -0.2) is 21.6 Å². The monoisotopic (exact) mass is 422 g/mol. The van der Waals surface area contributed by atoms with Gasteiger partial charge in [0.1, 0.15) is 0 Å². The lowest BCUT2D eigenvalue weighted by Crippen LogP contribution is -2.15. The SMILES string of the molecule is O=C(Nc1cccc(NC(=O)C2CC2)c1)c1cccc(-n2nccc2-c2ccccc2)c1. The predicted molar refractivity (Wildman–Crippen MR) is 125 cm³/mol. The highest BCUT2D eigenvalue weighted by Gasteiger charge is 2.29. The minimum absolute atomic E-state index is 0.0367. The molecule has 0 atom stereocenters. The van der Waals surface area contributed by atoms with Gasteiger partial charge in [-0.25, -0.2) is 4.68 Å². The largest absolute Gasteiger partial charge is 0.326 e. The lowest BCUT2D eigenvalue weighted by molar-refractivity contribution is -0.117. The van der Waals surface area contributed by atoms with Crippen LogP contribution in [-0.2, 0) is 4.79 Å². The van der Waals surface area contributed by atoms with Gasteiger partial charge in [0.15, 0.2) is 0 Å². The number of nitrogens with one attached hydrogen (secondary N) is 2. The fourth-order valence-corrected chi connectivity index (χ4v) is 3.58. The molecule has 6 nitrogen and oxygen atoms in total. The summed E-state index contributed by atoms with van der Waals surface area (Å²) in [6.07, 6.45) is 3.64. The first-order valence-corrected chi connectivity index (χ1v) is 10.6. The molecule has 0 aliphatic heterocycles. The summed E-state index contributed by atoms with van der Waals surface area (Å²) >= 11 is 0. The molecule has 1 aliphatic rings. The molecule has 2 amide bonds. The lowest BCUT2D eigenvalue weighted by Gasteiger charge is -2.11. The molecule has 6 heteroatoms. The fraction of sp³-hybridized carbons (Fsp3) is 0.115. The third-order valence-corrected chi connectivity index (χ3v) is 5.40. The standard InChI is InChI=1S/C26H22N4O2/c31-25(19-12-13-19)28-21-9-5-10-22(17-21)29-26(32)20-8-4-11-23(16-20)30-24(14-15-27-30)18-6-2-1-3-7-18/h1-11,14-17,19H,12-13H2,(H,28,31)(H,29,32). The normalized spacial score (nSPS) is 12.9. The van der Waals surface area contributed by atoms with Crippen LogP contribution in [0.2, 0.25) is 0 Å². The first kappa shape index (κ1) is 19.8. The summed E-state index contributed by atoms with van der Waals surface area (Å²) in [5.74, 6) is -0.0698. The molecule has 1 saturated carbocycles. The van der Waals surface area contributed by atoms with Crippen LogP contribution in [0.1, 0.15) is 23.2 Å². The molecule has 0 saturated heterocycles. The van der Waals surface area contributed by atoms with Crippen molar-refractivity contribution in [1.29, 1.82) is 0 Å². The third-order valence-electron chi connectivity index (χ3n) is 5.40. The van der Waals surface area contributed by atoms with E-state index in [4.69, 9.17) is 0 Å². The second kappa shape index (κ2) is 8.51. The predicted octanol–water partition coefficient (Wildman–Crippen LogP) is 5.14. The Morgan fingerprint density at radius 1 is 0.812 bits per heavy atom. The van der Waals surface area contributed by atoms with E-state index in [0.29, 0.717) is 16.9 Å². The average molecular weight is 422 g/mol. The molecule has 5 rings (SSSR count). The van der Waals surface area contributed by atoms with Crippen molar-refractivity contribution in [3.63, 3.8) is 0 Å². The summed E-state index contributed by atoms with van der Waals surface area (Å²) in [5, 5.41) is 10.3. The Balaban J connectivity index is 1.35. The number of anilines is 2. The molecule has 1 fully saturated rings. The van der Waals surface area contributed by atoms with Gasteiger partial charge in [-0.2, -0.15) is 5.10 Å². The van der Waals surface area contributed by atoms with Crippen LogP contribution in [0.3, 0.4) is 0 Å². The molecule has 4 aromatic rings. The van der Waals surface area contributed by atoms with Crippen LogP contribution in [0.15, 0.2) is 91.1 Å². The molecule has 0 spiro atoms. The Kier molecular flexibility index (Phi) is 5.25. The molecule has 0 unspecified atom stereocenters. The van der Waals surface area contributed by atoms with Gasteiger partial charge in [0.2, 0.25) is 5.91 Å². The van der Waals surface area contributed by atoms with E-state index in [1.165, 1.54) is 0 Å². The van der Waals surface area contributed by atoms with E-state index in [9.17, 15) is 9.59 Å². The van der Waals surface area contributed by atoms with Crippen LogP contribution < -0.4 is 10.6 Å². The van der Waals surface area contributed by atoms with E-state index in [1.807, 2.05) is 71.4 Å². The number of rotatable bonds is 6. The number of benzene rings is 3. The number of carbonyl (C=O) groups is 2. The maximum Gasteiger partial charge on any atom is 0.255 e. The van der Waals surface area contributed by atoms with Gasteiger partial charge < -0.3 is 10.6 Å². The van der Waals surface area contributed by atoms with Gasteiger partial charge in [-0.15, -0.1) is 0 Å². The van der Waals surface area contributed by atoms with Gasteiger partial charge in [-0.3, -0.25) is 9.59 Å². The van der Waals surface area contributed by atoms with E-state index >= 15 is 0 Å². The molecule has 0 bridgehead atoms. The van der Waals surface area contributed by atoms with Crippen LogP contribution in [0.4, 0.5) is 11.4 Å². The van der Waals surface area contributed by atoms with Crippen molar-refractivity contribution in [2.75, 3.05) is 10.6 Å². The van der Waals surface area contributed by atoms with Gasteiger partial charge >= 0.3 is 0 Å². The first-order valence-electron chi connectivity index (χ1n) is 10.6. The van der Waals surface area contributed by atoms with E-state index in [2.05, 4.69) is 15.7 Å². The van der Waals surface area contributed by atoms with E-state index in [1.54, 1.807) is 24.4 Å². The summed E-state index contributed by atoms with van der Waals surface area (Å²) in [7, 11) is 0. The Bertz CT molecular complexity index is 1280.